The van der Waals surface area contributed by atoms with Gasteiger partial charge in [0.05, 0.1) is 6.04 Å². The average Bonchev–Trinajstić information content (AvgIpc) is 2.74. The molecule has 17 heavy (non-hydrogen) atoms. The molecule has 0 amide bonds. The maximum absolute atomic E-state index is 13.7. The zero-order valence-electron chi connectivity index (χ0n) is 10.3. The molecule has 2 rings (SSSR count). The molecule has 1 aliphatic carbocycles. The van der Waals surface area contributed by atoms with Crippen molar-refractivity contribution in [1.82, 2.24) is 4.90 Å². The van der Waals surface area contributed by atoms with Crippen molar-refractivity contribution in [2.75, 3.05) is 7.05 Å². The third-order valence-electron chi connectivity index (χ3n) is 3.73. The van der Waals surface area contributed by atoms with Crippen molar-refractivity contribution in [3.05, 3.63) is 35.6 Å². The lowest BCUT2D eigenvalue weighted by Gasteiger charge is -2.30. The Kier molecular flexibility index (Phi) is 3.57. The van der Waals surface area contributed by atoms with E-state index in [-0.39, 0.29) is 23.7 Å². The second-order valence-corrected chi connectivity index (χ2v) is 4.74. The van der Waals surface area contributed by atoms with Crippen molar-refractivity contribution in [2.45, 2.75) is 38.3 Å². The van der Waals surface area contributed by atoms with Crippen molar-refractivity contribution in [3.63, 3.8) is 0 Å². The number of carbonyl (C=O) groups is 1. The van der Waals surface area contributed by atoms with Gasteiger partial charge in [-0.15, -0.1) is 0 Å². The van der Waals surface area contributed by atoms with Gasteiger partial charge in [-0.1, -0.05) is 18.2 Å². The van der Waals surface area contributed by atoms with Gasteiger partial charge in [0.25, 0.3) is 0 Å². The maximum atomic E-state index is 13.7. The van der Waals surface area contributed by atoms with Gasteiger partial charge in [0, 0.05) is 18.0 Å². The fraction of sp³-hybridized carbons (Fsp3) is 0.500. The maximum Gasteiger partial charge on any atom is 0.149 e. The number of hydrogen-bond acceptors (Lipinski definition) is 2. The van der Waals surface area contributed by atoms with Crippen LogP contribution >= 0.6 is 0 Å². The summed E-state index contributed by atoms with van der Waals surface area (Å²) in [4.78, 5) is 13.7. The van der Waals surface area contributed by atoms with Gasteiger partial charge in [-0.3, -0.25) is 9.69 Å². The van der Waals surface area contributed by atoms with E-state index in [2.05, 4.69) is 0 Å². The van der Waals surface area contributed by atoms with Crippen LogP contribution in [0.15, 0.2) is 24.3 Å². The van der Waals surface area contributed by atoms with E-state index < -0.39 is 0 Å². The number of carbonyl (C=O) groups excluding carboxylic acids is 1. The molecule has 1 aliphatic rings. The molecular formula is C14H18FNO. The number of likely N-dealkylation sites (N-methyl/N-ethyl adjacent to an activating group) is 1. The summed E-state index contributed by atoms with van der Waals surface area (Å²) in [6, 6.07) is 6.67. The molecule has 2 nitrogen and oxygen atoms in total. The first kappa shape index (κ1) is 12.2. The fourth-order valence-electron chi connectivity index (χ4n) is 2.53. The number of benzene rings is 1. The van der Waals surface area contributed by atoms with Crippen LogP contribution < -0.4 is 0 Å². The molecule has 2 unspecified atom stereocenters. The van der Waals surface area contributed by atoms with E-state index in [1.54, 1.807) is 12.1 Å². The Morgan fingerprint density at radius 1 is 1.41 bits per heavy atom. The van der Waals surface area contributed by atoms with Gasteiger partial charge in [-0.05, 0) is 32.9 Å². The van der Waals surface area contributed by atoms with Gasteiger partial charge in [0.1, 0.15) is 11.6 Å². The van der Waals surface area contributed by atoms with Crippen LogP contribution in [0.4, 0.5) is 4.39 Å². The lowest BCUT2D eigenvalue weighted by Crippen LogP contribution is -2.37. The Morgan fingerprint density at radius 3 is 2.71 bits per heavy atom. The summed E-state index contributed by atoms with van der Waals surface area (Å²) in [5.74, 6) is 0.0907. The van der Waals surface area contributed by atoms with E-state index >= 15 is 0 Å². The SMILES string of the molecule is CC(c1ccccc1F)N(C)C1CCCC1=O. The van der Waals surface area contributed by atoms with Gasteiger partial charge < -0.3 is 0 Å². The van der Waals surface area contributed by atoms with Crippen LogP contribution in [0.25, 0.3) is 0 Å². The minimum absolute atomic E-state index is 0.0374. The van der Waals surface area contributed by atoms with E-state index in [1.807, 2.05) is 24.9 Å². The van der Waals surface area contributed by atoms with E-state index in [0.29, 0.717) is 12.0 Å². The lowest BCUT2D eigenvalue weighted by molar-refractivity contribution is -0.122. The van der Waals surface area contributed by atoms with Crippen molar-refractivity contribution >= 4 is 5.78 Å². The van der Waals surface area contributed by atoms with E-state index in [9.17, 15) is 9.18 Å². The Morgan fingerprint density at radius 2 is 2.12 bits per heavy atom. The molecule has 0 N–H and O–H groups in total. The van der Waals surface area contributed by atoms with E-state index in [1.165, 1.54) is 6.07 Å². The van der Waals surface area contributed by atoms with Crippen molar-refractivity contribution in [2.24, 2.45) is 0 Å². The second-order valence-electron chi connectivity index (χ2n) is 4.74. The molecule has 1 aromatic rings. The normalized spacial score (nSPS) is 22.1. The molecule has 0 saturated heterocycles. The number of Topliss-reactive ketones (excluding diaryl/α,β-unsaturated/α-hetero) is 1. The molecule has 2 atom stereocenters. The smallest absolute Gasteiger partial charge is 0.149 e. The first-order chi connectivity index (χ1) is 8.11. The number of rotatable bonds is 3. The van der Waals surface area contributed by atoms with Crippen LogP contribution in [0.1, 0.15) is 37.8 Å². The van der Waals surface area contributed by atoms with Gasteiger partial charge in [0.15, 0.2) is 0 Å². The summed E-state index contributed by atoms with van der Waals surface area (Å²) in [7, 11) is 1.91. The molecule has 0 aromatic heterocycles. The van der Waals surface area contributed by atoms with Crippen LogP contribution in [-0.2, 0) is 4.79 Å². The third kappa shape index (κ3) is 2.39. The standard InChI is InChI=1S/C14H18FNO/c1-10(11-6-3-4-7-12(11)15)16(2)13-8-5-9-14(13)17/h3-4,6-7,10,13H,5,8-9H2,1-2H3. The molecule has 3 heteroatoms. The summed E-state index contributed by atoms with van der Waals surface area (Å²) in [5, 5.41) is 0. The Hall–Kier alpha value is -1.22. The van der Waals surface area contributed by atoms with Crippen molar-refractivity contribution in [1.29, 1.82) is 0 Å². The Labute approximate surface area is 101 Å². The zero-order chi connectivity index (χ0) is 12.4. The highest BCUT2D eigenvalue weighted by Crippen LogP contribution is 2.28. The van der Waals surface area contributed by atoms with Gasteiger partial charge in [-0.25, -0.2) is 4.39 Å². The van der Waals surface area contributed by atoms with Crippen LogP contribution in [0.5, 0.6) is 0 Å². The Bertz CT molecular complexity index is 418. The lowest BCUT2D eigenvalue weighted by atomic mass is 10.0. The molecular weight excluding hydrogens is 217 g/mol. The minimum Gasteiger partial charge on any atom is -0.298 e. The first-order valence-corrected chi connectivity index (χ1v) is 6.10. The molecule has 0 aliphatic heterocycles. The summed E-state index contributed by atoms with van der Waals surface area (Å²) in [6.45, 7) is 1.95. The largest absolute Gasteiger partial charge is 0.298 e. The van der Waals surface area contributed by atoms with Gasteiger partial charge in [-0.2, -0.15) is 0 Å². The van der Waals surface area contributed by atoms with Crippen LogP contribution in [0, 0.1) is 5.82 Å². The first-order valence-electron chi connectivity index (χ1n) is 6.10. The highest BCUT2D eigenvalue weighted by atomic mass is 19.1. The highest BCUT2D eigenvalue weighted by molar-refractivity contribution is 5.85. The number of ketones is 1. The fourth-order valence-corrected chi connectivity index (χ4v) is 2.53. The van der Waals surface area contributed by atoms with Crippen LogP contribution in [0.2, 0.25) is 0 Å². The number of halogens is 1. The number of hydrogen-bond donors (Lipinski definition) is 0. The molecule has 0 radical (unpaired) electrons. The van der Waals surface area contributed by atoms with Crippen molar-refractivity contribution < 1.29 is 9.18 Å². The van der Waals surface area contributed by atoms with E-state index in [4.69, 9.17) is 0 Å². The summed E-state index contributed by atoms with van der Waals surface area (Å²) < 4.78 is 13.7. The molecule has 0 spiro atoms. The molecule has 0 bridgehead atoms. The van der Waals surface area contributed by atoms with Crippen LogP contribution in [0.3, 0.4) is 0 Å². The second kappa shape index (κ2) is 4.96. The van der Waals surface area contributed by atoms with Crippen LogP contribution in [-0.4, -0.2) is 23.8 Å². The monoisotopic (exact) mass is 235 g/mol. The summed E-state index contributed by atoms with van der Waals surface area (Å²) >= 11 is 0. The number of nitrogens with zero attached hydrogens (tertiary/aromatic N) is 1. The quantitative estimate of drug-likeness (QED) is 0.802. The molecule has 1 aromatic carbocycles. The minimum atomic E-state index is -0.197. The predicted molar refractivity (Wildman–Crippen MR) is 65.2 cm³/mol. The summed E-state index contributed by atoms with van der Waals surface area (Å²) in [6.07, 6.45) is 2.52. The topological polar surface area (TPSA) is 20.3 Å². The average molecular weight is 235 g/mol. The molecule has 0 heterocycles. The highest BCUT2D eigenvalue weighted by Gasteiger charge is 2.31. The third-order valence-corrected chi connectivity index (χ3v) is 3.73. The molecule has 1 saturated carbocycles. The van der Waals surface area contributed by atoms with E-state index in [0.717, 1.165) is 12.8 Å². The Balaban J connectivity index is 2.17. The van der Waals surface area contributed by atoms with Gasteiger partial charge >= 0.3 is 0 Å². The summed E-state index contributed by atoms with van der Waals surface area (Å²) in [5.41, 5.74) is 0.662. The predicted octanol–water partition coefficient (Wildman–Crippen LogP) is 2.94. The molecule has 92 valence electrons. The van der Waals surface area contributed by atoms with Crippen molar-refractivity contribution in [3.8, 4) is 0 Å². The molecule has 1 fully saturated rings. The zero-order valence-corrected chi connectivity index (χ0v) is 10.3. The van der Waals surface area contributed by atoms with Gasteiger partial charge in [0.2, 0.25) is 0 Å².